The van der Waals surface area contributed by atoms with Gasteiger partial charge in [0.25, 0.3) is 11.1 Å². The van der Waals surface area contributed by atoms with Crippen LogP contribution in [0.1, 0.15) is 22.0 Å². The van der Waals surface area contributed by atoms with E-state index in [4.69, 9.17) is 4.42 Å². The van der Waals surface area contributed by atoms with Crippen LogP contribution >= 0.6 is 11.8 Å². The number of furan rings is 1. The Bertz CT molecular complexity index is 1110. The van der Waals surface area contributed by atoms with E-state index in [1.807, 2.05) is 53.2 Å². The third-order valence-electron chi connectivity index (χ3n) is 4.33. The topological polar surface area (TPSA) is 81.8 Å². The smallest absolute Gasteiger partial charge is 0.373 e. The van der Waals surface area contributed by atoms with E-state index in [1.54, 1.807) is 12.1 Å². The number of hydrogen-bond donors (Lipinski definition) is 0. The van der Waals surface area contributed by atoms with Crippen LogP contribution in [0.3, 0.4) is 0 Å². The zero-order chi connectivity index (χ0) is 20.4. The van der Waals surface area contributed by atoms with Crippen LogP contribution in [0.25, 0.3) is 11.8 Å². The van der Waals surface area contributed by atoms with Gasteiger partial charge in [-0.25, -0.2) is 4.79 Å². The van der Waals surface area contributed by atoms with Crippen LogP contribution in [-0.2, 0) is 16.1 Å². The number of methoxy groups -OCH3 is 1. The van der Waals surface area contributed by atoms with E-state index in [-0.39, 0.29) is 12.3 Å². The number of ether oxygens (including phenoxy) is 1. The van der Waals surface area contributed by atoms with E-state index in [2.05, 4.69) is 4.74 Å². The number of benzene rings is 1. The molecular formula is C21H16N2O5S. The molecule has 2 amide bonds. The average Bonchev–Trinajstić information content (AvgIpc) is 3.45. The van der Waals surface area contributed by atoms with Crippen LogP contribution in [0.4, 0.5) is 4.79 Å². The van der Waals surface area contributed by atoms with Crippen molar-refractivity contribution in [3.05, 3.63) is 82.9 Å². The van der Waals surface area contributed by atoms with Gasteiger partial charge in [0.15, 0.2) is 0 Å². The first-order valence-electron chi connectivity index (χ1n) is 8.72. The molecule has 1 aliphatic rings. The van der Waals surface area contributed by atoms with Gasteiger partial charge in [0.2, 0.25) is 5.76 Å². The summed E-state index contributed by atoms with van der Waals surface area (Å²) >= 11 is 0.873. The maximum absolute atomic E-state index is 12.8. The summed E-state index contributed by atoms with van der Waals surface area (Å²) in [4.78, 5) is 38.0. The lowest BCUT2D eigenvalue weighted by atomic mass is 10.3. The Kier molecular flexibility index (Phi) is 5.09. The summed E-state index contributed by atoms with van der Waals surface area (Å²) in [5, 5.41) is -0.393. The van der Waals surface area contributed by atoms with E-state index in [9.17, 15) is 14.4 Å². The Hall–Kier alpha value is -3.52. The minimum atomic E-state index is -0.619. The van der Waals surface area contributed by atoms with Crippen molar-refractivity contribution in [1.29, 1.82) is 0 Å². The van der Waals surface area contributed by atoms with Crippen LogP contribution in [-0.4, -0.2) is 33.7 Å². The Morgan fingerprint density at radius 3 is 2.66 bits per heavy atom. The molecule has 0 atom stereocenters. The van der Waals surface area contributed by atoms with E-state index >= 15 is 0 Å². The third-order valence-corrected chi connectivity index (χ3v) is 5.24. The van der Waals surface area contributed by atoms with E-state index in [0.29, 0.717) is 10.7 Å². The molecule has 0 aliphatic carbocycles. The highest BCUT2D eigenvalue weighted by Crippen LogP contribution is 2.34. The molecule has 0 bridgehead atoms. The SMILES string of the molecule is COC(=O)c1ccc(CN2C(=O)SC(=Cc3cccn3-c3ccccc3)C2=O)o1. The number of carbonyl (C=O) groups is 3. The van der Waals surface area contributed by atoms with Gasteiger partial charge in [0, 0.05) is 17.6 Å². The van der Waals surface area contributed by atoms with E-state index < -0.39 is 17.1 Å². The molecule has 2 aromatic heterocycles. The number of esters is 1. The molecule has 1 aliphatic heterocycles. The Morgan fingerprint density at radius 1 is 1.10 bits per heavy atom. The van der Waals surface area contributed by atoms with Crippen LogP contribution in [0.2, 0.25) is 0 Å². The first-order valence-corrected chi connectivity index (χ1v) is 9.53. The molecule has 146 valence electrons. The van der Waals surface area contributed by atoms with Crippen LogP contribution in [0.15, 0.2) is 70.1 Å². The van der Waals surface area contributed by atoms with Crippen molar-refractivity contribution in [3.8, 4) is 5.69 Å². The Balaban J connectivity index is 1.55. The number of amides is 2. The van der Waals surface area contributed by atoms with Crippen LogP contribution < -0.4 is 0 Å². The van der Waals surface area contributed by atoms with Gasteiger partial charge in [0.05, 0.1) is 18.6 Å². The number of nitrogens with zero attached hydrogens (tertiary/aromatic N) is 2. The lowest BCUT2D eigenvalue weighted by Crippen LogP contribution is -2.27. The second-order valence-corrected chi connectivity index (χ2v) is 7.16. The predicted octanol–water partition coefficient (Wildman–Crippen LogP) is 4.09. The fourth-order valence-electron chi connectivity index (χ4n) is 2.94. The van der Waals surface area contributed by atoms with Crippen molar-refractivity contribution in [3.63, 3.8) is 0 Å². The summed E-state index contributed by atoms with van der Waals surface area (Å²) < 4.78 is 11.9. The second-order valence-electron chi connectivity index (χ2n) is 6.16. The lowest BCUT2D eigenvalue weighted by molar-refractivity contribution is -0.123. The molecule has 0 saturated carbocycles. The molecule has 0 N–H and O–H groups in total. The summed E-state index contributed by atoms with van der Waals surface area (Å²) in [5.74, 6) is -0.684. The highest BCUT2D eigenvalue weighted by molar-refractivity contribution is 8.18. The van der Waals surface area contributed by atoms with E-state index in [0.717, 1.165) is 28.0 Å². The number of para-hydroxylation sites is 1. The normalized spacial score (nSPS) is 15.3. The van der Waals surface area contributed by atoms with Gasteiger partial charge in [-0.2, -0.15) is 0 Å². The number of carbonyl (C=O) groups excluding carboxylic acids is 3. The van der Waals surface area contributed by atoms with E-state index in [1.165, 1.54) is 13.2 Å². The zero-order valence-corrected chi connectivity index (χ0v) is 16.2. The monoisotopic (exact) mass is 408 g/mol. The van der Waals surface area contributed by atoms with Gasteiger partial charge in [-0.3, -0.25) is 14.5 Å². The van der Waals surface area contributed by atoms with Gasteiger partial charge in [0.1, 0.15) is 5.76 Å². The molecule has 1 saturated heterocycles. The number of hydrogen-bond acceptors (Lipinski definition) is 6. The Labute approximate surface area is 170 Å². The molecule has 1 fully saturated rings. The molecule has 0 radical (unpaired) electrons. The number of thioether (sulfide) groups is 1. The maximum atomic E-state index is 12.8. The number of imide groups is 1. The summed E-state index contributed by atoms with van der Waals surface area (Å²) in [7, 11) is 1.25. The predicted molar refractivity (Wildman–Crippen MR) is 107 cm³/mol. The molecule has 7 nitrogen and oxygen atoms in total. The number of rotatable bonds is 5. The molecule has 3 aromatic rings. The minimum Gasteiger partial charge on any atom is -0.463 e. The zero-order valence-electron chi connectivity index (χ0n) is 15.4. The lowest BCUT2D eigenvalue weighted by Gasteiger charge is -2.10. The second kappa shape index (κ2) is 7.84. The summed E-state index contributed by atoms with van der Waals surface area (Å²) in [6, 6.07) is 16.4. The molecule has 29 heavy (non-hydrogen) atoms. The van der Waals surface area contributed by atoms with Gasteiger partial charge >= 0.3 is 5.97 Å². The fourth-order valence-corrected chi connectivity index (χ4v) is 3.76. The van der Waals surface area contributed by atoms with Gasteiger partial charge in [-0.15, -0.1) is 0 Å². The van der Waals surface area contributed by atoms with Crippen molar-refractivity contribution < 1.29 is 23.5 Å². The van der Waals surface area contributed by atoms with Gasteiger partial charge in [-0.1, -0.05) is 18.2 Å². The largest absolute Gasteiger partial charge is 0.463 e. The molecule has 0 spiro atoms. The molecule has 1 aromatic carbocycles. The first kappa shape index (κ1) is 18.8. The van der Waals surface area contributed by atoms with Crippen molar-refractivity contribution in [1.82, 2.24) is 9.47 Å². The number of aromatic nitrogens is 1. The van der Waals surface area contributed by atoms with Crippen molar-refractivity contribution >= 4 is 35.0 Å². The highest BCUT2D eigenvalue weighted by atomic mass is 32.2. The van der Waals surface area contributed by atoms with Gasteiger partial charge in [-0.05, 0) is 54.2 Å². The molecule has 4 rings (SSSR count). The Morgan fingerprint density at radius 2 is 1.90 bits per heavy atom. The summed E-state index contributed by atoms with van der Waals surface area (Å²) in [6.45, 7) is -0.0568. The molecule has 0 unspecified atom stereocenters. The standard InChI is InChI=1S/C21H16N2O5S/c1-27-20(25)17-10-9-16(28-17)13-23-19(24)18(29-21(23)26)12-15-8-5-11-22(15)14-6-3-2-4-7-14/h2-12H,13H2,1H3. The fraction of sp³-hybridized carbons (Fsp3) is 0.0952. The molecule has 8 heteroatoms. The summed E-state index contributed by atoms with van der Waals surface area (Å²) in [5.41, 5.74) is 1.74. The highest BCUT2D eigenvalue weighted by Gasteiger charge is 2.36. The van der Waals surface area contributed by atoms with Crippen molar-refractivity contribution in [2.24, 2.45) is 0 Å². The van der Waals surface area contributed by atoms with Crippen LogP contribution in [0, 0.1) is 0 Å². The minimum absolute atomic E-state index is 0.0192. The summed E-state index contributed by atoms with van der Waals surface area (Å²) in [6.07, 6.45) is 3.59. The first-order chi connectivity index (χ1) is 14.1. The maximum Gasteiger partial charge on any atom is 0.373 e. The van der Waals surface area contributed by atoms with Gasteiger partial charge < -0.3 is 13.7 Å². The third kappa shape index (κ3) is 3.74. The molecular weight excluding hydrogens is 392 g/mol. The van der Waals surface area contributed by atoms with Crippen molar-refractivity contribution in [2.75, 3.05) is 7.11 Å². The molecule has 3 heterocycles. The van der Waals surface area contributed by atoms with Crippen LogP contribution in [0.5, 0.6) is 0 Å². The quantitative estimate of drug-likeness (QED) is 0.467. The average molecular weight is 408 g/mol. The van der Waals surface area contributed by atoms with Crippen molar-refractivity contribution in [2.45, 2.75) is 6.54 Å².